The fraction of sp³-hybridized carbons (Fsp3) is 0.350. The van der Waals surface area contributed by atoms with Gasteiger partial charge in [0.05, 0.1) is 18.1 Å². The van der Waals surface area contributed by atoms with Crippen LogP contribution in [-0.4, -0.2) is 58.6 Å². The topological polar surface area (TPSA) is 87.7 Å². The van der Waals surface area contributed by atoms with Gasteiger partial charge in [0.15, 0.2) is 0 Å². The highest BCUT2D eigenvalue weighted by Crippen LogP contribution is 2.17. The van der Waals surface area contributed by atoms with E-state index in [-0.39, 0.29) is 10.8 Å². The molecule has 0 bridgehead atoms. The Balaban J connectivity index is 1.56. The maximum atomic E-state index is 12.5. The molecular weight excluding hydrogens is 505 g/mol. The maximum absolute atomic E-state index is 12.5. The molecule has 2 N–H and O–H groups in total. The van der Waals surface area contributed by atoms with Crippen molar-refractivity contribution in [2.75, 3.05) is 44.7 Å². The van der Waals surface area contributed by atoms with Crippen LogP contribution in [0.15, 0.2) is 47.4 Å². The van der Waals surface area contributed by atoms with Gasteiger partial charge in [0.2, 0.25) is 10.0 Å². The Morgan fingerprint density at radius 3 is 2.48 bits per heavy atom. The molecule has 0 spiro atoms. The van der Waals surface area contributed by atoms with Crippen LogP contribution in [-0.2, 0) is 14.8 Å². The summed E-state index contributed by atoms with van der Waals surface area (Å²) in [5, 5.41) is 2.79. The summed E-state index contributed by atoms with van der Waals surface area (Å²) >= 11 is 2.19. The molecule has 0 aliphatic carbocycles. The largest absolute Gasteiger partial charge is 0.379 e. The van der Waals surface area contributed by atoms with Crippen molar-refractivity contribution in [3.05, 3.63) is 57.2 Å². The normalized spacial score (nSPS) is 15.2. The molecule has 0 saturated carbocycles. The molecule has 0 aromatic heterocycles. The van der Waals surface area contributed by atoms with E-state index in [1.54, 1.807) is 18.2 Å². The quantitative estimate of drug-likeness (QED) is 0.539. The van der Waals surface area contributed by atoms with Crippen LogP contribution in [0.3, 0.4) is 0 Å². The number of rotatable bonds is 7. The van der Waals surface area contributed by atoms with Crippen LogP contribution in [0.1, 0.15) is 15.9 Å². The number of nitrogens with one attached hydrogen (secondary N) is 2. The smallest absolute Gasteiger partial charge is 0.255 e. The van der Waals surface area contributed by atoms with Gasteiger partial charge in [-0.25, -0.2) is 13.1 Å². The molecule has 2 aromatic rings. The van der Waals surface area contributed by atoms with Crippen LogP contribution in [0.5, 0.6) is 0 Å². The Bertz CT molecular complexity index is 958. The van der Waals surface area contributed by atoms with E-state index in [2.05, 4.69) is 37.5 Å². The molecule has 1 fully saturated rings. The number of benzene rings is 2. The molecule has 1 amide bonds. The number of sulfonamides is 1. The summed E-state index contributed by atoms with van der Waals surface area (Å²) in [6, 6.07) is 11.7. The van der Waals surface area contributed by atoms with Gasteiger partial charge in [-0.1, -0.05) is 6.07 Å². The number of aryl methyl sites for hydroxylation is 1. The van der Waals surface area contributed by atoms with Gasteiger partial charge >= 0.3 is 0 Å². The minimum Gasteiger partial charge on any atom is -0.379 e. The fourth-order valence-electron chi connectivity index (χ4n) is 2.90. The molecule has 0 radical (unpaired) electrons. The Morgan fingerprint density at radius 2 is 1.83 bits per heavy atom. The highest BCUT2D eigenvalue weighted by atomic mass is 127. The summed E-state index contributed by atoms with van der Waals surface area (Å²) in [6.45, 7) is 5.96. The average molecular weight is 529 g/mol. The number of hydrogen-bond acceptors (Lipinski definition) is 5. The molecular formula is C20H24IN3O4S. The zero-order valence-electron chi connectivity index (χ0n) is 16.2. The number of halogens is 1. The first-order valence-corrected chi connectivity index (χ1v) is 11.9. The second kappa shape index (κ2) is 9.98. The van der Waals surface area contributed by atoms with Gasteiger partial charge in [0.1, 0.15) is 0 Å². The van der Waals surface area contributed by atoms with E-state index in [1.807, 2.05) is 19.1 Å². The molecule has 156 valence electrons. The first-order chi connectivity index (χ1) is 13.8. The van der Waals surface area contributed by atoms with Crippen molar-refractivity contribution >= 4 is 44.2 Å². The van der Waals surface area contributed by atoms with Crippen LogP contribution >= 0.6 is 22.6 Å². The monoisotopic (exact) mass is 529 g/mol. The van der Waals surface area contributed by atoms with E-state index in [4.69, 9.17) is 4.74 Å². The number of morpholine rings is 1. The summed E-state index contributed by atoms with van der Waals surface area (Å²) in [4.78, 5) is 14.7. The van der Waals surface area contributed by atoms with Crippen molar-refractivity contribution in [1.29, 1.82) is 0 Å². The van der Waals surface area contributed by atoms with E-state index >= 15 is 0 Å². The lowest BCUT2D eigenvalue weighted by atomic mass is 10.1. The number of carbonyl (C=O) groups is 1. The average Bonchev–Trinajstić information content (AvgIpc) is 2.71. The van der Waals surface area contributed by atoms with E-state index in [0.29, 0.717) is 37.6 Å². The Hall–Kier alpha value is -1.53. The molecule has 9 heteroatoms. The van der Waals surface area contributed by atoms with E-state index in [0.717, 1.165) is 22.2 Å². The minimum atomic E-state index is -3.59. The number of nitrogens with zero attached hydrogens (tertiary/aromatic N) is 1. The Labute approximate surface area is 185 Å². The van der Waals surface area contributed by atoms with E-state index < -0.39 is 10.0 Å². The summed E-state index contributed by atoms with van der Waals surface area (Å²) in [7, 11) is -3.59. The molecule has 29 heavy (non-hydrogen) atoms. The van der Waals surface area contributed by atoms with Gasteiger partial charge < -0.3 is 10.1 Å². The molecule has 2 aromatic carbocycles. The van der Waals surface area contributed by atoms with Gasteiger partial charge in [-0.15, -0.1) is 0 Å². The summed E-state index contributed by atoms with van der Waals surface area (Å²) in [5.41, 5.74) is 2.21. The van der Waals surface area contributed by atoms with E-state index in [9.17, 15) is 13.2 Å². The van der Waals surface area contributed by atoms with Gasteiger partial charge in [0.25, 0.3) is 5.91 Å². The highest BCUT2D eigenvalue weighted by molar-refractivity contribution is 14.1. The molecule has 1 aliphatic rings. The van der Waals surface area contributed by atoms with Crippen LogP contribution in [0, 0.1) is 10.5 Å². The minimum absolute atomic E-state index is 0.169. The van der Waals surface area contributed by atoms with Crippen molar-refractivity contribution in [2.24, 2.45) is 0 Å². The number of ether oxygens (including phenoxy) is 1. The molecule has 3 rings (SSSR count). The highest BCUT2D eigenvalue weighted by Gasteiger charge is 2.16. The Morgan fingerprint density at radius 1 is 1.14 bits per heavy atom. The SMILES string of the molecule is Cc1ccc(C(=O)Nc2ccc(S(=O)(=O)NCCN3CCOCC3)cc2)cc1I. The van der Waals surface area contributed by atoms with Crippen LogP contribution < -0.4 is 10.0 Å². The second-order valence-electron chi connectivity index (χ2n) is 6.79. The third-order valence-corrected chi connectivity index (χ3v) is 7.32. The molecule has 0 unspecified atom stereocenters. The fourth-order valence-corrected chi connectivity index (χ4v) is 4.44. The maximum Gasteiger partial charge on any atom is 0.255 e. The molecule has 1 saturated heterocycles. The van der Waals surface area contributed by atoms with Crippen molar-refractivity contribution in [1.82, 2.24) is 9.62 Å². The van der Waals surface area contributed by atoms with Gasteiger partial charge in [-0.05, 0) is 71.5 Å². The molecule has 1 heterocycles. The summed E-state index contributed by atoms with van der Waals surface area (Å²) in [6.07, 6.45) is 0. The first kappa shape index (κ1) is 22.2. The van der Waals surface area contributed by atoms with Crippen molar-refractivity contribution in [2.45, 2.75) is 11.8 Å². The predicted molar refractivity (Wildman–Crippen MR) is 121 cm³/mol. The standard InChI is InChI=1S/C20H24IN3O4S/c1-15-2-3-16(14-19(15)21)20(25)23-17-4-6-18(7-5-17)29(26,27)22-8-9-24-10-12-28-13-11-24/h2-7,14,22H,8-13H2,1H3,(H,23,25). The molecule has 0 atom stereocenters. The zero-order valence-corrected chi connectivity index (χ0v) is 19.1. The second-order valence-corrected chi connectivity index (χ2v) is 9.72. The van der Waals surface area contributed by atoms with Crippen LogP contribution in [0.4, 0.5) is 5.69 Å². The third kappa shape index (κ3) is 6.22. The summed E-state index contributed by atoms with van der Waals surface area (Å²) in [5.74, 6) is -0.234. The first-order valence-electron chi connectivity index (χ1n) is 9.32. The van der Waals surface area contributed by atoms with Gasteiger partial charge in [-0.2, -0.15) is 0 Å². The lowest BCUT2D eigenvalue weighted by Crippen LogP contribution is -2.41. The van der Waals surface area contributed by atoms with Crippen molar-refractivity contribution < 1.29 is 17.9 Å². The third-order valence-electron chi connectivity index (χ3n) is 4.68. The zero-order chi connectivity index (χ0) is 20.9. The van der Waals surface area contributed by atoms with Crippen LogP contribution in [0.25, 0.3) is 0 Å². The van der Waals surface area contributed by atoms with Crippen molar-refractivity contribution in [3.63, 3.8) is 0 Å². The predicted octanol–water partition coefficient (Wildman–Crippen LogP) is 2.46. The lowest BCUT2D eigenvalue weighted by molar-refractivity contribution is 0.0390. The molecule has 1 aliphatic heterocycles. The number of carbonyl (C=O) groups excluding carboxylic acids is 1. The van der Waals surface area contributed by atoms with Crippen LogP contribution in [0.2, 0.25) is 0 Å². The van der Waals surface area contributed by atoms with E-state index in [1.165, 1.54) is 12.1 Å². The number of anilines is 1. The van der Waals surface area contributed by atoms with Gasteiger partial charge in [-0.3, -0.25) is 9.69 Å². The van der Waals surface area contributed by atoms with Gasteiger partial charge in [0, 0.05) is 41.0 Å². The number of amides is 1. The lowest BCUT2D eigenvalue weighted by Gasteiger charge is -2.26. The Kier molecular flexibility index (Phi) is 7.63. The molecule has 7 nitrogen and oxygen atoms in total. The number of hydrogen-bond donors (Lipinski definition) is 2. The summed E-state index contributed by atoms with van der Waals surface area (Å²) < 4.78 is 33.8. The van der Waals surface area contributed by atoms with Crippen molar-refractivity contribution in [3.8, 4) is 0 Å².